The van der Waals surface area contributed by atoms with Gasteiger partial charge in [0.15, 0.2) is 5.76 Å². The Bertz CT molecular complexity index is 640. The molecule has 0 radical (unpaired) electrons. The average Bonchev–Trinajstić information content (AvgIpc) is 3.17. The summed E-state index contributed by atoms with van der Waals surface area (Å²) in [5.41, 5.74) is 0.905. The smallest absolute Gasteiger partial charge is 0.246 e. The number of aromatic nitrogens is 1. The maximum absolute atomic E-state index is 12.2. The largest absolute Gasteiger partial charge is 0.360 e. The lowest BCUT2D eigenvalue weighted by Gasteiger charge is -2.33. The topological polar surface area (TPSA) is 49.6 Å². The Hall–Kier alpha value is -1.92. The molecule has 0 spiro atoms. The average molecular weight is 317 g/mol. The van der Waals surface area contributed by atoms with E-state index in [9.17, 15) is 4.79 Å². The van der Waals surface area contributed by atoms with Crippen LogP contribution < -0.4 is 0 Å². The van der Waals surface area contributed by atoms with Crippen molar-refractivity contribution < 1.29 is 9.32 Å². The molecule has 0 unspecified atom stereocenters. The summed E-state index contributed by atoms with van der Waals surface area (Å²) in [6.45, 7) is 5.90. The van der Waals surface area contributed by atoms with Crippen LogP contribution in [0.2, 0.25) is 0 Å². The Kier molecular flexibility index (Phi) is 4.70. The van der Waals surface area contributed by atoms with Gasteiger partial charge in [-0.3, -0.25) is 9.69 Å². The molecule has 6 heteroatoms. The predicted octanol–water partition coefficient (Wildman–Crippen LogP) is 2.40. The van der Waals surface area contributed by atoms with Crippen LogP contribution in [0.5, 0.6) is 0 Å². The first-order valence-corrected chi connectivity index (χ1v) is 8.24. The second-order valence-electron chi connectivity index (χ2n) is 5.38. The van der Waals surface area contributed by atoms with Gasteiger partial charge in [-0.1, -0.05) is 11.2 Å². The minimum absolute atomic E-state index is 0.0866. The van der Waals surface area contributed by atoms with Crippen molar-refractivity contribution in [2.75, 3.05) is 26.2 Å². The highest BCUT2D eigenvalue weighted by atomic mass is 32.1. The third-order valence-electron chi connectivity index (χ3n) is 3.67. The fourth-order valence-corrected chi connectivity index (χ4v) is 3.10. The van der Waals surface area contributed by atoms with E-state index in [1.807, 2.05) is 41.5 Å². The van der Waals surface area contributed by atoms with Crippen LogP contribution in [0.1, 0.15) is 16.3 Å². The van der Waals surface area contributed by atoms with Crippen LogP contribution in [0, 0.1) is 6.92 Å². The van der Waals surface area contributed by atoms with E-state index in [1.165, 1.54) is 0 Å². The third kappa shape index (κ3) is 3.84. The third-order valence-corrected chi connectivity index (χ3v) is 4.51. The SMILES string of the molecule is Cc1cc(CN2CCN(C(=O)C=Cc3cccs3)CC2)on1. The first kappa shape index (κ1) is 15.0. The molecule has 0 atom stereocenters. The molecule has 0 N–H and O–H groups in total. The van der Waals surface area contributed by atoms with Gasteiger partial charge >= 0.3 is 0 Å². The van der Waals surface area contributed by atoms with Gasteiger partial charge in [0.1, 0.15) is 0 Å². The minimum Gasteiger partial charge on any atom is -0.360 e. The Morgan fingerprint density at radius 1 is 1.41 bits per heavy atom. The summed E-state index contributed by atoms with van der Waals surface area (Å²) in [5, 5.41) is 5.91. The summed E-state index contributed by atoms with van der Waals surface area (Å²) >= 11 is 1.63. The number of hydrogen-bond donors (Lipinski definition) is 0. The quantitative estimate of drug-likeness (QED) is 0.813. The number of rotatable bonds is 4. The first-order valence-electron chi connectivity index (χ1n) is 7.36. The molecule has 0 aliphatic carbocycles. The van der Waals surface area contributed by atoms with Gasteiger partial charge in [0.25, 0.3) is 0 Å². The van der Waals surface area contributed by atoms with E-state index < -0.39 is 0 Å². The number of nitrogens with zero attached hydrogens (tertiary/aromatic N) is 3. The monoisotopic (exact) mass is 317 g/mol. The molecule has 1 amide bonds. The predicted molar refractivity (Wildman–Crippen MR) is 86.5 cm³/mol. The molecule has 1 saturated heterocycles. The lowest BCUT2D eigenvalue weighted by Crippen LogP contribution is -2.47. The van der Waals surface area contributed by atoms with Crippen LogP contribution in [0.4, 0.5) is 0 Å². The number of piperazine rings is 1. The van der Waals surface area contributed by atoms with Crippen LogP contribution in [-0.4, -0.2) is 47.0 Å². The highest BCUT2D eigenvalue weighted by molar-refractivity contribution is 7.10. The van der Waals surface area contributed by atoms with E-state index in [-0.39, 0.29) is 5.91 Å². The van der Waals surface area contributed by atoms with Gasteiger partial charge < -0.3 is 9.42 Å². The highest BCUT2D eigenvalue weighted by Gasteiger charge is 2.20. The van der Waals surface area contributed by atoms with Crippen molar-refractivity contribution in [3.8, 4) is 0 Å². The molecule has 116 valence electrons. The van der Waals surface area contributed by atoms with Gasteiger partial charge in [-0.2, -0.15) is 0 Å². The first-order chi connectivity index (χ1) is 10.7. The van der Waals surface area contributed by atoms with E-state index in [0.29, 0.717) is 0 Å². The Balaban J connectivity index is 1.47. The summed E-state index contributed by atoms with van der Waals surface area (Å²) in [7, 11) is 0. The molecule has 3 heterocycles. The zero-order valence-corrected chi connectivity index (χ0v) is 13.4. The number of hydrogen-bond acceptors (Lipinski definition) is 5. The van der Waals surface area contributed by atoms with Gasteiger partial charge in [-0.25, -0.2) is 0 Å². The van der Waals surface area contributed by atoms with Gasteiger partial charge in [-0.15, -0.1) is 11.3 Å². The van der Waals surface area contributed by atoms with Gasteiger partial charge in [-0.05, 0) is 24.4 Å². The molecule has 1 aliphatic rings. The Morgan fingerprint density at radius 3 is 2.86 bits per heavy atom. The van der Waals surface area contributed by atoms with Crippen molar-refractivity contribution in [1.82, 2.24) is 15.0 Å². The summed E-state index contributed by atoms with van der Waals surface area (Å²) in [6.07, 6.45) is 3.55. The lowest BCUT2D eigenvalue weighted by molar-refractivity contribution is -0.127. The number of thiophene rings is 1. The summed E-state index contributed by atoms with van der Waals surface area (Å²) in [4.78, 5) is 17.4. The molecule has 3 rings (SSSR count). The van der Waals surface area contributed by atoms with Gasteiger partial charge in [0.05, 0.1) is 12.2 Å². The molecule has 0 saturated carbocycles. The molecule has 2 aromatic heterocycles. The Morgan fingerprint density at radius 2 is 2.23 bits per heavy atom. The van der Waals surface area contributed by atoms with Crippen molar-refractivity contribution >= 4 is 23.3 Å². The van der Waals surface area contributed by atoms with Gasteiger partial charge in [0.2, 0.25) is 5.91 Å². The van der Waals surface area contributed by atoms with Crippen LogP contribution in [0.3, 0.4) is 0 Å². The highest BCUT2D eigenvalue weighted by Crippen LogP contribution is 2.12. The maximum atomic E-state index is 12.2. The molecule has 22 heavy (non-hydrogen) atoms. The molecule has 2 aromatic rings. The zero-order chi connectivity index (χ0) is 15.4. The van der Waals surface area contributed by atoms with E-state index >= 15 is 0 Å². The molecule has 0 aromatic carbocycles. The zero-order valence-electron chi connectivity index (χ0n) is 12.6. The normalized spacial score (nSPS) is 16.5. The van der Waals surface area contributed by atoms with E-state index in [0.717, 1.165) is 49.1 Å². The number of carbonyl (C=O) groups is 1. The van der Waals surface area contributed by atoms with E-state index in [2.05, 4.69) is 10.1 Å². The maximum Gasteiger partial charge on any atom is 0.246 e. The van der Waals surface area contributed by atoms with E-state index in [4.69, 9.17) is 4.52 Å². The van der Waals surface area contributed by atoms with Crippen LogP contribution in [-0.2, 0) is 11.3 Å². The molecule has 0 bridgehead atoms. The fourth-order valence-electron chi connectivity index (χ4n) is 2.48. The van der Waals surface area contributed by atoms with Crippen LogP contribution in [0.25, 0.3) is 6.08 Å². The van der Waals surface area contributed by atoms with Crippen LogP contribution in [0.15, 0.2) is 34.2 Å². The second-order valence-corrected chi connectivity index (χ2v) is 6.36. The Labute approximate surface area is 133 Å². The molecular weight excluding hydrogens is 298 g/mol. The molecule has 1 fully saturated rings. The van der Waals surface area contributed by atoms with Gasteiger partial charge in [0, 0.05) is 43.2 Å². The molecule has 1 aliphatic heterocycles. The van der Waals surface area contributed by atoms with Crippen molar-refractivity contribution in [3.05, 3.63) is 46.0 Å². The number of aryl methyl sites for hydroxylation is 1. The fraction of sp³-hybridized carbons (Fsp3) is 0.375. The van der Waals surface area contributed by atoms with Crippen molar-refractivity contribution in [2.45, 2.75) is 13.5 Å². The summed E-state index contributed by atoms with van der Waals surface area (Å²) in [5.74, 6) is 0.971. The molecule has 5 nitrogen and oxygen atoms in total. The van der Waals surface area contributed by atoms with Crippen molar-refractivity contribution in [3.63, 3.8) is 0 Å². The van der Waals surface area contributed by atoms with E-state index in [1.54, 1.807) is 17.4 Å². The number of carbonyl (C=O) groups excluding carboxylic acids is 1. The minimum atomic E-state index is 0.0866. The van der Waals surface area contributed by atoms with Crippen molar-refractivity contribution in [1.29, 1.82) is 0 Å². The lowest BCUT2D eigenvalue weighted by atomic mass is 10.2. The second kappa shape index (κ2) is 6.89. The van der Waals surface area contributed by atoms with Crippen LogP contribution >= 0.6 is 11.3 Å². The van der Waals surface area contributed by atoms with Crippen molar-refractivity contribution in [2.24, 2.45) is 0 Å². The summed E-state index contributed by atoms with van der Waals surface area (Å²) in [6, 6.07) is 5.95. The standard InChI is InChI=1S/C16H19N3O2S/c1-13-11-14(21-17-13)12-18-6-8-19(9-7-18)16(20)5-4-15-3-2-10-22-15/h2-5,10-11H,6-9,12H2,1H3. The summed E-state index contributed by atoms with van der Waals surface area (Å²) < 4.78 is 5.24. The number of amides is 1. The molecular formula is C16H19N3O2S.